The third kappa shape index (κ3) is 4.36. The minimum Gasteiger partial charge on any atom is -0.292 e. The van der Waals surface area contributed by atoms with Crippen molar-refractivity contribution in [3.8, 4) is 39.1 Å². The molecule has 53 heavy (non-hydrogen) atoms. The van der Waals surface area contributed by atoms with Crippen LogP contribution in [0, 0.1) is 6.92 Å². The van der Waals surface area contributed by atoms with Gasteiger partial charge in [0.15, 0.2) is 0 Å². The van der Waals surface area contributed by atoms with E-state index in [9.17, 15) is 0 Å². The van der Waals surface area contributed by atoms with E-state index in [2.05, 4.69) is 194 Å². The van der Waals surface area contributed by atoms with Crippen LogP contribution in [0.25, 0.3) is 55.7 Å². The van der Waals surface area contributed by atoms with Gasteiger partial charge in [0, 0.05) is 17.2 Å². The summed E-state index contributed by atoms with van der Waals surface area (Å²) in [6.07, 6.45) is 7.98. The molecule has 1 spiro atoms. The number of hydrogen-bond donors (Lipinski definition) is 0. The monoisotopic (exact) mass is 676 g/mol. The van der Waals surface area contributed by atoms with Gasteiger partial charge in [0.1, 0.15) is 5.82 Å². The van der Waals surface area contributed by atoms with Gasteiger partial charge in [-0.3, -0.25) is 4.57 Å². The number of nitrogens with zero attached hydrogens (tertiary/aromatic N) is 2. The number of hydrogen-bond acceptors (Lipinski definition) is 1. The molecule has 0 radical (unpaired) electrons. The number of imidazole rings is 1. The number of allylic oxidation sites excluding steroid dienone is 4. The summed E-state index contributed by atoms with van der Waals surface area (Å²) in [4.78, 5) is 5.15. The van der Waals surface area contributed by atoms with Crippen molar-refractivity contribution in [1.82, 2.24) is 9.55 Å². The third-order valence-electron chi connectivity index (χ3n) is 11.9. The van der Waals surface area contributed by atoms with E-state index in [0.29, 0.717) is 0 Å². The quantitative estimate of drug-likeness (QED) is 0.181. The Morgan fingerprint density at radius 2 is 1.19 bits per heavy atom. The van der Waals surface area contributed by atoms with Crippen LogP contribution < -0.4 is 0 Å². The molecule has 0 saturated carbocycles. The Bertz CT molecular complexity index is 2770. The molecular weight excluding hydrogens is 641 g/mol. The van der Waals surface area contributed by atoms with Crippen LogP contribution in [-0.2, 0) is 5.41 Å². The largest absolute Gasteiger partial charge is 0.292 e. The fraction of sp³-hybridized carbons (Fsp3) is 0.0784. The van der Waals surface area contributed by atoms with Gasteiger partial charge in [0.05, 0.1) is 16.4 Å². The van der Waals surface area contributed by atoms with Gasteiger partial charge in [-0.1, -0.05) is 157 Å². The van der Waals surface area contributed by atoms with Gasteiger partial charge < -0.3 is 0 Å². The molecule has 0 amide bonds. The van der Waals surface area contributed by atoms with Gasteiger partial charge >= 0.3 is 0 Å². The molecule has 1 unspecified atom stereocenters. The van der Waals surface area contributed by atoms with Crippen molar-refractivity contribution in [3.63, 3.8) is 0 Å². The molecule has 2 nitrogen and oxygen atoms in total. The molecule has 1 heterocycles. The van der Waals surface area contributed by atoms with E-state index in [1.165, 1.54) is 66.8 Å². The molecule has 8 aromatic rings. The molecule has 3 aliphatic rings. The van der Waals surface area contributed by atoms with Crippen molar-refractivity contribution in [3.05, 3.63) is 221 Å². The number of aromatic nitrogens is 2. The van der Waals surface area contributed by atoms with Crippen LogP contribution in [0.15, 0.2) is 182 Å². The Hall–Kier alpha value is -6.51. The average molecular weight is 677 g/mol. The predicted octanol–water partition coefficient (Wildman–Crippen LogP) is 12.5. The molecule has 0 aliphatic heterocycles. The molecule has 0 bridgehead atoms. The number of benzene rings is 7. The molecule has 1 atom stereocenters. The lowest BCUT2D eigenvalue weighted by Gasteiger charge is -2.31. The number of aryl methyl sites for hydroxylation is 1. The molecule has 3 aliphatic carbocycles. The zero-order valence-electron chi connectivity index (χ0n) is 29.5. The van der Waals surface area contributed by atoms with Gasteiger partial charge in [-0.2, -0.15) is 0 Å². The lowest BCUT2D eigenvalue weighted by atomic mass is 9.69. The first-order valence-corrected chi connectivity index (χ1v) is 18.7. The van der Waals surface area contributed by atoms with E-state index in [4.69, 9.17) is 4.98 Å². The molecule has 11 rings (SSSR count). The van der Waals surface area contributed by atoms with Crippen molar-refractivity contribution >= 4 is 16.6 Å². The Balaban J connectivity index is 1.05. The maximum Gasteiger partial charge on any atom is 0.145 e. The second-order valence-electron chi connectivity index (χ2n) is 14.7. The zero-order chi connectivity index (χ0) is 35.1. The average Bonchev–Trinajstić information content (AvgIpc) is 3.85. The van der Waals surface area contributed by atoms with Crippen LogP contribution in [0.4, 0.5) is 0 Å². The molecule has 2 heteroatoms. The summed E-state index contributed by atoms with van der Waals surface area (Å²) in [5.41, 5.74) is 20.0. The van der Waals surface area contributed by atoms with Gasteiger partial charge in [-0.25, -0.2) is 4.98 Å². The van der Waals surface area contributed by atoms with E-state index in [0.717, 1.165) is 34.5 Å². The minimum absolute atomic E-state index is 0.259. The predicted molar refractivity (Wildman–Crippen MR) is 218 cm³/mol. The molecule has 250 valence electrons. The van der Waals surface area contributed by atoms with Crippen molar-refractivity contribution < 1.29 is 0 Å². The number of fused-ring (bicyclic) bond motifs is 11. The van der Waals surface area contributed by atoms with Gasteiger partial charge in [-0.05, 0) is 105 Å². The SMILES string of the molecule is Cc1ccc(-c2ccc3c(c2)C2(c4ccccc4-c4ccccc42)c2cc(C4C=CC(c5nc6ccccc6n5-c5ccccc5)=CC4)ccc2-3)cc1. The second kappa shape index (κ2) is 11.5. The van der Waals surface area contributed by atoms with Gasteiger partial charge in [-0.15, -0.1) is 0 Å². The molecular formula is C51H36N2. The fourth-order valence-electron chi connectivity index (χ4n) is 9.40. The first-order valence-electron chi connectivity index (χ1n) is 18.7. The molecule has 0 saturated heterocycles. The Kier molecular flexibility index (Phi) is 6.54. The van der Waals surface area contributed by atoms with Crippen LogP contribution in [-0.4, -0.2) is 9.55 Å². The fourth-order valence-corrected chi connectivity index (χ4v) is 9.40. The summed E-state index contributed by atoms with van der Waals surface area (Å²) in [6, 6.07) is 60.6. The number of para-hydroxylation sites is 3. The normalized spacial score (nSPS) is 15.9. The van der Waals surface area contributed by atoms with Crippen LogP contribution in [0.2, 0.25) is 0 Å². The summed E-state index contributed by atoms with van der Waals surface area (Å²) in [7, 11) is 0. The summed E-state index contributed by atoms with van der Waals surface area (Å²) in [5, 5.41) is 0. The Labute approximate surface area is 310 Å². The molecule has 7 aromatic carbocycles. The smallest absolute Gasteiger partial charge is 0.145 e. The van der Waals surface area contributed by atoms with Gasteiger partial charge in [0.2, 0.25) is 0 Å². The zero-order valence-corrected chi connectivity index (χ0v) is 29.5. The topological polar surface area (TPSA) is 17.8 Å². The summed E-state index contributed by atoms with van der Waals surface area (Å²) < 4.78 is 2.29. The van der Waals surface area contributed by atoms with Crippen LogP contribution >= 0.6 is 0 Å². The highest BCUT2D eigenvalue weighted by molar-refractivity contribution is 5.96. The van der Waals surface area contributed by atoms with E-state index >= 15 is 0 Å². The minimum atomic E-state index is -0.394. The number of rotatable bonds is 4. The summed E-state index contributed by atoms with van der Waals surface area (Å²) >= 11 is 0. The van der Waals surface area contributed by atoms with Crippen LogP contribution in [0.1, 0.15) is 51.5 Å². The standard InChI is InChI=1S/C51H36N2/c1-33-19-21-34(22-20-33)37-27-29-42-43-30-28-38(32-47(43)51(46(42)31-37)44-15-7-5-13-40(44)41-14-6-8-16-45(41)51)35-23-25-36(26-24-35)50-52-48-17-9-10-18-49(48)53(50)39-11-3-2-4-12-39/h2-23,25-32,35H,24H2,1H3. The van der Waals surface area contributed by atoms with Crippen LogP contribution in [0.5, 0.6) is 0 Å². The maximum absolute atomic E-state index is 5.15. The van der Waals surface area contributed by atoms with E-state index in [-0.39, 0.29) is 5.92 Å². The molecule has 0 N–H and O–H groups in total. The Morgan fingerprint density at radius 3 is 1.92 bits per heavy atom. The van der Waals surface area contributed by atoms with Crippen molar-refractivity contribution in [2.24, 2.45) is 0 Å². The van der Waals surface area contributed by atoms with E-state index in [1.807, 2.05) is 0 Å². The lowest BCUT2D eigenvalue weighted by molar-refractivity contribution is 0.784. The highest BCUT2D eigenvalue weighted by Gasteiger charge is 2.51. The van der Waals surface area contributed by atoms with Crippen LogP contribution in [0.3, 0.4) is 0 Å². The highest BCUT2D eigenvalue weighted by atomic mass is 15.1. The van der Waals surface area contributed by atoms with Crippen molar-refractivity contribution in [2.75, 3.05) is 0 Å². The first kappa shape index (κ1) is 30.1. The van der Waals surface area contributed by atoms with E-state index in [1.54, 1.807) is 0 Å². The van der Waals surface area contributed by atoms with Gasteiger partial charge in [0.25, 0.3) is 0 Å². The molecule has 0 fully saturated rings. The van der Waals surface area contributed by atoms with Crippen molar-refractivity contribution in [2.45, 2.75) is 24.7 Å². The molecule has 1 aromatic heterocycles. The van der Waals surface area contributed by atoms with E-state index < -0.39 is 5.41 Å². The van der Waals surface area contributed by atoms with Crippen molar-refractivity contribution in [1.29, 1.82) is 0 Å². The highest BCUT2D eigenvalue weighted by Crippen LogP contribution is 2.63. The summed E-state index contributed by atoms with van der Waals surface area (Å²) in [5.74, 6) is 1.24. The Morgan fingerprint density at radius 1 is 0.566 bits per heavy atom. The summed E-state index contributed by atoms with van der Waals surface area (Å²) in [6.45, 7) is 2.15. The maximum atomic E-state index is 5.15. The lowest BCUT2D eigenvalue weighted by Crippen LogP contribution is -2.26. The third-order valence-corrected chi connectivity index (χ3v) is 11.9. The first-order chi connectivity index (χ1) is 26.2. The second-order valence-corrected chi connectivity index (χ2v) is 14.7.